The molecule has 0 fully saturated rings. The van der Waals surface area contributed by atoms with Crippen LogP contribution in [0.2, 0.25) is 0 Å². The van der Waals surface area contributed by atoms with Gasteiger partial charge in [0.05, 0.1) is 12.2 Å². The maximum absolute atomic E-state index is 8.67. The molecule has 2 aromatic heterocycles. The van der Waals surface area contributed by atoms with E-state index in [0.29, 0.717) is 18.1 Å². The van der Waals surface area contributed by atoms with Crippen LogP contribution in [0.5, 0.6) is 0 Å². The van der Waals surface area contributed by atoms with Gasteiger partial charge >= 0.3 is 0 Å². The van der Waals surface area contributed by atoms with Gasteiger partial charge in [-0.2, -0.15) is 5.26 Å². The van der Waals surface area contributed by atoms with Crippen LogP contribution in [-0.4, -0.2) is 20.2 Å². The van der Waals surface area contributed by atoms with Gasteiger partial charge in [0, 0.05) is 5.69 Å². The van der Waals surface area contributed by atoms with Crippen LogP contribution >= 0.6 is 0 Å². The molecule has 1 N–H and O–H groups in total. The smallest absolute Gasteiger partial charge is 0.203 e. The Hall–Kier alpha value is -3.14. The van der Waals surface area contributed by atoms with Crippen molar-refractivity contribution in [2.45, 2.75) is 6.54 Å². The van der Waals surface area contributed by atoms with E-state index in [1.165, 1.54) is 6.33 Å². The van der Waals surface area contributed by atoms with Crippen molar-refractivity contribution < 1.29 is 4.42 Å². The lowest BCUT2D eigenvalue weighted by atomic mass is 10.3. The minimum atomic E-state index is 0.316. The number of nitrogens with one attached hydrogen (secondary N) is 1. The summed E-state index contributed by atoms with van der Waals surface area (Å²) in [6, 6.07) is 13.0. The molecule has 0 bridgehead atoms. The quantitative estimate of drug-likeness (QED) is 0.773. The molecule has 0 amide bonds. The van der Waals surface area contributed by atoms with E-state index in [0.717, 1.165) is 11.4 Å². The third-order valence-electron chi connectivity index (χ3n) is 2.72. The second kappa shape index (κ2) is 5.24. The highest BCUT2D eigenvalue weighted by Crippen LogP contribution is 2.14. The lowest BCUT2D eigenvalue weighted by Crippen LogP contribution is -1.99. The number of nitrogens with zero attached hydrogens (tertiary/aromatic N) is 5. The van der Waals surface area contributed by atoms with Crippen molar-refractivity contribution in [3.05, 3.63) is 54.2 Å². The zero-order chi connectivity index (χ0) is 13.8. The molecule has 0 saturated heterocycles. The number of tetrazole rings is 1. The third kappa shape index (κ3) is 2.49. The van der Waals surface area contributed by atoms with Crippen LogP contribution < -0.4 is 5.32 Å². The molecule has 0 aliphatic carbocycles. The second-order valence-electron chi connectivity index (χ2n) is 4.03. The van der Waals surface area contributed by atoms with Gasteiger partial charge in [-0.15, -0.1) is 5.10 Å². The van der Waals surface area contributed by atoms with Crippen molar-refractivity contribution in [1.82, 2.24) is 20.2 Å². The van der Waals surface area contributed by atoms with E-state index in [9.17, 15) is 0 Å². The fourth-order valence-corrected chi connectivity index (χ4v) is 1.73. The Kier molecular flexibility index (Phi) is 3.12. The van der Waals surface area contributed by atoms with Crippen LogP contribution in [0.25, 0.3) is 5.69 Å². The van der Waals surface area contributed by atoms with Gasteiger partial charge < -0.3 is 9.73 Å². The van der Waals surface area contributed by atoms with Gasteiger partial charge in [0.15, 0.2) is 0 Å². The van der Waals surface area contributed by atoms with Crippen LogP contribution in [0.4, 0.5) is 5.69 Å². The Labute approximate surface area is 114 Å². The number of furan rings is 1. The van der Waals surface area contributed by atoms with E-state index in [1.54, 1.807) is 16.8 Å². The first-order chi connectivity index (χ1) is 9.85. The number of nitriles is 1. The van der Waals surface area contributed by atoms with E-state index in [-0.39, 0.29) is 0 Å². The molecule has 7 nitrogen and oxygen atoms in total. The summed E-state index contributed by atoms with van der Waals surface area (Å²) in [6.45, 7) is 0.520. The van der Waals surface area contributed by atoms with Crippen molar-refractivity contribution in [2.24, 2.45) is 0 Å². The minimum Gasteiger partial charge on any atom is -0.449 e. The summed E-state index contributed by atoms with van der Waals surface area (Å²) in [5, 5.41) is 22.9. The molecule has 0 saturated carbocycles. The van der Waals surface area contributed by atoms with E-state index in [1.807, 2.05) is 30.3 Å². The minimum absolute atomic E-state index is 0.316. The van der Waals surface area contributed by atoms with E-state index in [2.05, 4.69) is 20.8 Å². The molecular weight excluding hydrogens is 256 g/mol. The predicted molar refractivity (Wildman–Crippen MR) is 69.9 cm³/mol. The Morgan fingerprint density at radius 1 is 1.20 bits per heavy atom. The fourth-order valence-electron chi connectivity index (χ4n) is 1.73. The molecule has 2 heterocycles. The molecule has 98 valence electrons. The van der Waals surface area contributed by atoms with Gasteiger partial charge in [-0.25, -0.2) is 4.68 Å². The number of benzene rings is 1. The number of hydrogen-bond acceptors (Lipinski definition) is 6. The van der Waals surface area contributed by atoms with Crippen LogP contribution in [0.3, 0.4) is 0 Å². The molecule has 0 aliphatic heterocycles. The molecular formula is C13H10N6O. The molecule has 20 heavy (non-hydrogen) atoms. The average molecular weight is 266 g/mol. The van der Waals surface area contributed by atoms with Gasteiger partial charge in [-0.05, 0) is 46.8 Å². The summed E-state index contributed by atoms with van der Waals surface area (Å²) in [5.74, 6) is 1.03. The summed E-state index contributed by atoms with van der Waals surface area (Å²) in [7, 11) is 0. The Balaban J connectivity index is 1.65. The number of rotatable bonds is 4. The molecule has 0 atom stereocenters. The van der Waals surface area contributed by atoms with Crippen molar-refractivity contribution in [3.8, 4) is 11.8 Å². The third-order valence-corrected chi connectivity index (χ3v) is 2.72. The largest absolute Gasteiger partial charge is 0.449 e. The summed E-state index contributed by atoms with van der Waals surface area (Å²) >= 11 is 0. The van der Waals surface area contributed by atoms with Crippen molar-refractivity contribution >= 4 is 5.69 Å². The molecule has 0 unspecified atom stereocenters. The zero-order valence-electron chi connectivity index (χ0n) is 10.4. The molecule has 3 aromatic rings. The maximum Gasteiger partial charge on any atom is 0.203 e. The summed E-state index contributed by atoms with van der Waals surface area (Å²) < 4.78 is 6.86. The van der Waals surface area contributed by atoms with Crippen LogP contribution in [0.15, 0.2) is 47.1 Å². The first-order valence-corrected chi connectivity index (χ1v) is 5.91. The standard InChI is InChI=1S/C13H10N6O/c14-7-12-5-6-13(20-12)8-15-10-1-3-11(4-2-10)19-9-16-17-18-19/h1-6,9,15H,8H2. The average Bonchev–Trinajstić information content (AvgIpc) is 3.17. The molecule has 1 aromatic carbocycles. The SMILES string of the molecule is N#Cc1ccc(CNc2ccc(-n3cnnn3)cc2)o1. The maximum atomic E-state index is 8.67. The van der Waals surface area contributed by atoms with Gasteiger partial charge in [-0.1, -0.05) is 0 Å². The highest BCUT2D eigenvalue weighted by atomic mass is 16.3. The van der Waals surface area contributed by atoms with Gasteiger partial charge in [-0.3, -0.25) is 0 Å². The summed E-state index contributed by atoms with van der Waals surface area (Å²) in [6.07, 6.45) is 1.54. The van der Waals surface area contributed by atoms with Crippen molar-refractivity contribution in [2.75, 3.05) is 5.32 Å². The highest BCUT2D eigenvalue weighted by molar-refractivity contribution is 5.48. The second-order valence-corrected chi connectivity index (χ2v) is 4.03. The normalized spacial score (nSPS) is 10.2. The lowest BCUT2D eigenvalue weighted by molar-refractivity contribution is 0.506. The van der Waals surface area contributed by atoms with Crippen molar-refractivity contribution in [3.63, 3.8) is 0 Å². The summed E-state index contributed by atoms with van der Waals surface area (Å²) in [5.41, 5.74) is 1.82. The summed E-state index contributed by atoms with van der Waals surface area (Å²) in [4.78, 5) is 0. The van der Waals surface area contributed by atoms with Crippen molar-refractivity contribution in [1.29, 1.82) is 5.26 Å². The number of aromatic nitrogens is 4. The molecule has 0 radical (unpaired) electrons. The highest BCUT2D eigenvalue weighted by Gasteiger charge is 2.02. The Morgan fingerprint density at radius 3 is 2.70 bits per heavy atom. The van der Waals surface area contributed by atoms with Gasteiger partial charge in [0.25, 0.3) is 0 Å². The first-order valence-electron chi connectivity index (χ1n) is 5.91. The van der Waals surface area contributed by atoms with Crippen LogP contribution in [-0.2, 0) is 6.54 Å². The predicted octanol–water partition coefficient (Wildman–Crippen LogP) is 1.74. The number of anilines is 1. The number of hydrogen-bond donors (Lipinski definition) is 1. The zero-order valence-corrected chi connectivity index (χ0v) is 10.4. The van der Waals surface area contributed by atoms with Gasteiger partial charge in [0.2, 0.25) is 5.76 Å². The van der Waals surface area contributed by atoms with E-state index < -0.39 is 0 Å². The monoisotopic (exact) mass is 266 g/mol. The lowest BCUT2D eigenvalue weighted by Gasteiger charge is -2.05. The fraction of sp³-hybridized carbons (Fsp3) is 0.0769. The van der Waals surface area contributed by atoms with Gasteiger partial charge in [0.1, 0.15) is 18.2 Å². The Bertz CT molecular complexity index is 723. The molecule has 3 rings (SSSR count). The molecule has 0 aliphatic rings. The van der Waals surface area contributed by atoms with Crippen LogP contribution in [0, 0.1) is 11.3 Å². The topological polar surface area (TPSA) is 92.6 Å². The molecule has 7 heteroatoms. The first kappa shape index (κ1) is 11.9. The van der Waals surface area contributed by atoms with E-state index >= 15 is 0 Å². The van der Waals surface area contributed by atoms with E-state index in [4.69, 9.17) is 9.68 Å². The Morgan fingerprint density at radius 2 is 2.05 bits per heavy atom. The molecule has 0 spiro atoms. The van der Waals surface area contributed by atoms with Crippen LogP contribution in [0.1, 0.15) is 11.5 Å².